The van der Waals surface area contributed by atoms with Crippen LogP contribution in [0.4, 0.5) is 0 Å². The first kappa shape index (κ1) is 12.3. The summed E-state index contributed by atoms with van der Waals surface area (Å²) < 4.78 is 10.4. The molecule has 0 aromatic carbocycles. The van der Waals surface area contributed by atoms with Crippen molar-refractivity contribution in [3.63, 3.8) is 0 Å². The normalized spacial score (nSPS) is 12.9. The van der Waals surface area contributed by atoms with Gasteiger partial charge in [-0.25, -0.2) is 0 Å². The summed E-state index contributed by atoms with van der Waals surface area (Å²) in [6.07, 6.45) is 1.46. The highest BCUT2D eigenvalue weighted by Gasteiger charge is 2.40. The molecule has 0 unspecified atom stereocenters. The maximum absolute atomic E-state index is 9.83. The molecule has 15 heavy (non-hydrogen) atoms. The van der Waals surface area contributed by atoms with Gasteiger partial charge < -0.3 is 19.2 Å². The van der Waals surface area contributed by atoms with Gasteiger partial charge in [-0.15, -0.1) is 0 Å². The van der Waals surface area contributed by atoms with E-state index in [-0.39, 0.29) is 0 Å². The first-order chi connectivity index (χ1) is 6.74. The molecular formula is C10H17BO4. The molecule has 1 aromatic heterocycles. The van der Waals surface area contributed by atoms with Crippen molar-refractivity contribution < 1.29 is 19.2 Å². The fraction of sp³-hybridized carbons (Fsp3) is 0.600. The van der Waals surface area contributed by atoms with E-state index in [4.69, 9.17) is 9.07 Å². The average Bonchev–Trinajstić information content (AvgIpc) is 2.51. The predicted octanol–water partition coefficient (Wildman–Crippen LogP) is 0.533. The van der Waals surface area contributed by atoms with Gasteiger partial charge in [0.15, 0.2) is 0 Å². The van der Waals surface area contributed by atoms with Crippen molar-refractivity contribution in [1.29, 1.82) is 0 Å². The van der Waals surface area contributed by atoms with E-state index in [1.165, 1.54) is 6.26 Å². The molecule has 1 aromatic rings. The van der Waals surface area contributed by atoms with Gasteiger partial charge in [-0.05, 0) is 39.8 Å². The standard InChI is InChI=1S/C10H17BO4/c1-9(2,12)10(3,4)15-11(13)8-6-5-7-14-8/h5-7,12-13H,1-4H3. The Balaban J connectivity index is 2.70. The zero-order valence-corrected chi connectivity index (χ0v) is 9.52. The molecule has 0 aliphatic heterocycles. The lowest BCUT2D eigenvalue weighted by molar-refractivity contribution is -0.0986. The minimum atomic E-state index is -1.17. The van der Waals surface area contributed by atoms with Crippen LogP contribution in [-0.4, -0.2) is 28.5 Å². The van der Waals surface area contributed by atoms with Crippen molar-refractivity contribution in [3.05, 3.63) is 18.4 Å². The van der Waals surface area contributed by atoms with E-state index >= 15 is 0 Å². The zero-order valence-electron chi connectivity index (χ0n) is 9.52. The van der Waals surface area contributed by atoms with E-state index in [0.29, 0.717) is 5.66 Å². The van der Waals surface area contributed by atoms with Crippen molar-refractivity contribution >= 4 is 12.8 Å². The Morgan fingerprint density at radius 3 is 2.33 bits per heavy atom. The second-order valence-electron chi connectivity index (χ2n) is 4.55. The minimum Gasteiger partial charge on any atom is -0.473 e. The van der Waals surface area contributed by atoms with Gasteiger partial charge in [-0.3, -0.25) is 0 Å². The van der Waals surface area contributed by atoms with E-state index < -0.39 is 18.3 Å². The van der Waals surface area contributed by atoms with E-state index in [1.807, 2.05) is 0 Å². The minimum absolute atomic E-state index is 0.326. The molecule has 0 fully saturated rings. The predicted molar refractivity (Wildman–Crippen MR) is 57.8 cm³/mol. The van der Waals surface area contributed by atoms with Crippen LogP contribution in [0.3, 0.4) is 0 Å². The summed E-state index contributed by atoms with van der Waals surface area (Å²) in [7, 11) is -1.17. The molecule has 0 spiro atoms. The summed E-state index contributed by atoms with van der Waals surface area (Å²) in [5.41, 5.74) is -1.60. The van der Waals surface area contributed by atoms with Crippen molar-refractivity contribution in [1.82, 2.24) is 0 Å². The lowest BCUT2D eigenvalue weighted by atomic mass is 9.81. The highest BCUT2D eigenvalue weighted by molar-refractivity contribution is 6.58. The number of aliphatic hydroxyl groups is 1. The molecule has 0 bridgehead atoms. The van der Waals surface area contributed by atoms with Crippen LogP contribution in [0.5, 0.6) is 0 Å². The fourth-order valence-electron chi connectivity index (χ4n) is 0.913. The second kappa shape index (κ2) is 4.00. The molecule has 2 N–H and O–H groups in total. The van der Waals surface area contributed by atoms with Crippen LogP contribution in [0.25, 0.3) is 0 Å². The van der Waals surface area contributed by atoms with E-state index in [9.17, 15) is 10.1 Å². The Hall–Kier alpha value is -0.775. The molecule has 0 saturated heterocycles. The summed E-state index contributed by atoms with van der Waals surface area (Å²) in [5.74, 6) is 0. The number of rotatable bonds is 4. The smallest absolute Gasteiger partial charge is 0.473 e. The van der Waals surface area contributed by atoms with Crippen molar-refractivity contribution in [2.24, 2.45) is 0 Å². The average molecular weight is 212 g/mol. The van der Waals surface area contributed by atoms with Gasteiger partial charge in [0.05, 0.1) is 17.5 Å². The molecule has 0 aliphatic rings. The molecular weight excluding hydrogens is 195 g/mol. The number of furan rings is 1. The van der Waals surface area contributed by atoms with Gasteiger partial charge in [0, 0.05) is 0 Å². The summed E-state index contributed by atoms with van der Waals surface area (Å²) >= 11 is 0. The number of hydrogen-bond donors (Lipinski definition) is 2. The molecule has 0 saturated carbocycles. The van der Waals surface area contributed by atoms with Gasteiger partial charge in [0.25, 0.3) is 0 Å². The topological polar surface area (TPSA) is 62.8 Å². The van der Waals surface area contributed by atoms with Crippen LogP contribution in [0.15, 0.2) is 22.8 Å². The Bertz CT molecular complexity index is 300. The molecule has 0 amide bonds. The highest BCUT2D eigenvalue weighted by Crippen LogP contribution is 2.25. The van der Waals surface area contributed by atoms with Gasteiger partial charge in [0.1, 0.15) is 5.66 Å². The maximum atomic E-state index is 9.83. The summed E-state index contributed by atoms with van der Waals surface area (Å²) in [4.78, 5) is 0. The Kier molecular flexibility index (Phi) is 3.28. The zero-order chi connectivity index (χ0) is 11.7. The van der Waals surface area contributed by atoms with Crippen molar-refractivity contribution in [3.8, 4) is 0 Å². The quantitative estimate of drug-likeness (QED) is 0.714. The summed E-state index contributed by atoms with van der Waals surface area (Å²) in [5, 5.41) is 19.5. The molecule has 84 valence electrons. The van der Waals surface area contributed by atoms with Crippen LogP contribution in [0, 0.1) is 0 Å². The second-order valence-corrected chi connectivity index (χ2v) is 4.55. The van der Waals surface area contributed by atoms with Crippen LogP contribution in [0.1, 0.15) is 27.7 Å². The highest BCUT2D eigenvalue weighted by atomic mass is 16.6. The molecule has 5 heteroatoms. The third-order valence-corrected chi connectivity index (χ3v) is 2.67. The van der Waals surface area contributed by atoms with Crippen LogP contribution < -0.4 is 5.66 Å². The lowest BCUT2D eigenvalue weighted by Crippen LogP contribution is -2.52. The number of hydrogen-bond acceptors (Lipinski definition) is 4. The Labute approximate surface area is 90.0 Å². The lowest BCUT2D eigenvalue weighted by Gasteiger charge is -2.38. The van der Waals surface area contributed by atoms with Gasteiger partial charge in [-0.2, -0.15) is 0 Å². The van der Waals surface area contributed by atoms with Crippen LogP contribution in [0.2, 0.25) is 0 Å². The maximum Gasteiger partial charge on any atom is 0.529 e. The van der Waals surface area contributed by atoms with E-state index in [1.54, 1.807) is 39.8 Å². The van der Waals surface area contributed by atoms with Gasteiger partial charge >= 0.3 is 7.12 Å². The molecule has 1 heterocycles. The third-order valence-electron chi connectivity index (χ3n) is 2.67. The van der Waals surface area contributed by atoms with Crippen molar-refractivity contribution in [2.45, 2.75) is 38.9 Å². The molecule has 1 rings (SSSR count). The summed E-state index contributed by atoms with van der Waals surface area (Å²) in [6.45, 7) is 6.67. The fourth-order valence-corrected chi connectivity index (χ4v) is 0.913. The summed E-state index contributed by atoms with van der Waals surface area (Å²) in [6, 6.07) is 3.28. The van der Waals surface area contributed by atoms with Gasteiger partial charge in [-0.1, -0.05) is 0 Å². The van der Waals surface area contributed by atoms with E-state index in [2.05, 4.69) is 0 Å². The molecule has 0 radical (unpaired) electrons. The Morgan fingerprint density at radius 2 is 1.93 bits per heavy atom. The third kappa shape index (κ3) is 2.84. The van der Waals surface area contributed by atoms with Gasteiger partial charge in [0.2, 0.25) is 0 Å². The van der Waals surface area contributed by atoms with Crippen molar-refractivity contribution in [2.75, 3.05) is 0 Å². The van der Waals surface area contributed by atoms with E-state index in [0.717, 1.165) is 0 Å². The first-order valence-electron chi connectivity index (χ1n) is 4.86. The van der Waals surface area contributed by atoms with Crippen LogP contribution >= 0.6 is 0 Å². The first-order valence-corrected chi connectivity index (χ1v) is 4.86. The Morgan fingerprint density at radius 1 is 1.33 bits per heavy atom. The molecule has 4 nitrogen and oxygen atoms in total. The monoisotopic (exact) mass is 212 g/mol. The largest absolute Gasteiger partial charge is 0.529 e. The molecule has 0 atom stereocenters. The SMILES string of the molecule is CC(C)(O)C(C)(C)OB(O)c1ccco1. The van der Waals surface area contributed by atoms with Crippen LogP contribution in [-0.2, 0) is 4.65 Å². The molecule has 0 aliphatic carbocycles.